The van der Waals surface area contributed by atoms with Crippen LogP contribution in [0.5, 0.6) is 0 Å². The molecule has 0 bridgehead atoms. The van der Waals surface area contributed by atoms with E-state index in [1.165, 1.54) is 11.4 Å². The largest absolute Gasteiger partial charge is 0.354 e. The van der Waals surface area contributed by atoms with Gasteiger partial charge in [0.2, 0.25) is 20.0 Å². The lowest BCUT2D eigenvalue weighted by atomic mass is 9.90. The zero-order chi connectivity index (χ0) is 111. The van der Waals surface area contributed by atoms with Gasteiger partial charge in [0.05, 0.1) is 77.2 Å². The van der Waals surface area contributed by atoms with E-state index in [2.05, 4.69) is 220 Å². The average Bonchev–Trinajstić information content (AvgIpc) is 1.63. The molecule has 3 saturated carbocycles. The molecule has 12 aromatic heterocycles. The van der Waals surface area contributed by atoms with E-state index in [1.54, 1.807) is 0 Å². The van der Waals surface area contributed by atoms with Crippen molar-refractivity contribution in [1.29, 1.82) is 0 Å². The fourth-order valence-corrected chi connectivity index (χ4v) is 26.5. The Morgan fingerprint density at radius 3 is 0.827 bits per heavy atom. The van der Waals surface area contributed by atoms with Crippen molar-refractivity contribution in [3.63, 3.8) is 0 Å². The number of primary sulfonamides is 2. The summed E-state index contributed by atoms with van der Waals surface area (Å²) in [4.78, 5) is 54.6. The number of ether oxygens (including phenoxy) is 3. The van der Waals surface area contributed by atoms with Gasteiger partial charge in [0, 0.05) is 115 Å². The number of aryl methyl sites for hydroxylation is 18. The molecule has 0 spiro atoms. The van der Waals surface area contributed by atoms with Crippen molar-refractivity contribution in [2.75, 3.05) is 37.8 Å². The van der Waals surface area contributed by atoms with Gasteiger partial charge in [-0.1, -0.05) is 83.1 Å². The van der Waals surface area contributed by atoms with Crippen LogP contribution in [0, 0.1) is 213 Å². The normalized spacial score (nSPS) is 27.3. The van der Waals surface area contributed by atoms with Gasteiger partial charge in [-0.3, -0.25) is 8.37 Å². The zero-order valence-electron chi connectivity index (χ0n) is 92.0. The molecule has 6 aliphatic rings. The molecule has 0 amide bonds. The Bertz CT molecular complexity index is 6600. The number of nitrogens with one attached hydrogen (secondary N) is 2. The molecule has 0 aromatic carbocycles. The summed E-state index contributed by atoms with van der Waals surface area (Å²) in [6, 6.07) is 13.5. The van der Waals surface area contributed by atoms with Crippen LogP contribution in [0.3, 0.4) is 0 Å². The van der Waals surface area contributed by atoms with Crippen molar-refractivity contribution in [2.45, 2.75) is 295 Å². The van der Waals surface area contributed by atoms with E-state index in [1.807, 2.05) is 111 Å². The first-order valence-corrected chi connectivity index (χ1v) is 60.8. The van der Waals surface area contributed by atoms with Gasteiger partial charge in [-0.05, 0) is 264 Å². The number of aromatic nitrogens is 18. The van der Waals surface area contributed by atoms with Gasteiger partial charge in [0.1, 0.15) is 87.5 Å². The molecular formula is C101H156N26O17S6. The van der Waals surface area contributed by atoms with Crippen LogP contribution in [0.2, 0.25) is 0 Å². The predicted molar refractivity (Wildman–Crippen MR) is 579 cm³/mol. The lowest BCUT2D eigenvalue weighted by molar-refractivity contribution is -0.0288. The van der Waals surface area contributed by atoms with Gasteiger partial charge in [-0.25, -0.2) is 112 Å². The van der Waals surface area contributed by atoms with Crippen molar-refractivity contribution < 1.29 is 73.1 Å². The summed E-state index contributed by atoms with van der Waals surface area (Å²) in [6.07, 6.45) is 2.35. The number of hydrogen-bond donors (Lipinski definition) is 8. The van der Waals surface area contributed by atoms with E-state index >= 15 is 0 Å². The summed E-state index contributed by atoms with van der Waals surface area (Å²) in [6.45, 7) is 62.1. The first kappa shape index (κ1) is 118. The standard InChI is InChI=1S/C18H28N4O2S.C17H27N5O2S.2C17H26N4O3S.C16H25N5O3S.C16H24N4O4S/c1-10-8-16-13(4)20-14(5)21-18(16)22(10)17-9-15(11(2)12(17)3)6-7-25(19,23)24;1-9-6-15-12(4)20-13(5)21-17(15)22(9)16-7-14(10(2)11(16)3)8-19-25(18,23)24;1-9-6-15-12(4)19-13(5)20-17(15)21(9)16-7-14(10(2)11(16)3)8-24-25(18,22)23;1-9-8-14-12(4)19-13(5)20-16(14)21(9)17-11(3)10(2)15(24-17)6-7-25(18,22)23;1-8-6-13-11(4)19-12(5)20-15(13)21(8)16-10(3)9(2)14(24-16)7-18-25(17,22)23;1-8-6-13-11(4)18-12(5)19-15(13)20(8)16-10(3)9(2)14(24-16)7-23-25(17,21)22/h8,11-12,15,17H,6-7,9H2,1-5H3,(H2,19,23,24);6,10-11,14,16,19H,7-8H2,1-5H3,(H2,18,23,24);6,10-11,14,16H,7-8H2,1-5H3,(H2,18,22,23);8,10-11,15,17H,6-7H2,1-5H3,(H2,18,22,23);6,9-10,14,16,18H,7H2,1-5H3,(H2,17,22,23);6,9-10,14,16H,7H2,1-5H3,(H2,17,21,22)/t11?,12?,15-,17-;2*10?,11?,14-,16+;10?,11?,15-,17+;2*9?,10?,14-,16+/m100000/s1. The van der Waals surface area contributed by atoms with Crippen molar-refractivity contribution in [3.05, 3.63) is 140 Å². The molecule has 828 valence electrons. The summed E-state index contributed by atoms with van der Waals surface area (Å²) in [5.41, 5.74) is 17.9. The van der Waals surface area contributed by atoms with Crippen molar-refractivity contribution in [2.24, 2.45) is 120 Å². The molecule has 14 N–H and O–H groups in total. The molecular weight excluding hydrogens is 2040 g/mol. The molecule has 18 rings (SSSR count). The summed E-state index contributed by atoms with van der Waals surface area (Å²) in [7, 11) is -22.2. The minimum atomic E-state index is -3.99. The van der Waals surface area contributed by atoms with Crippen molar-refractivity contribution >= 4 is 127 Å². The minimum Gasteiger partial charge on any atom is -0.354 e. The van der Waals surface area contributed by atoms with Crippen molar-refractivity contribution in [3.8, 4) is 0 Å². The molecule has 3 aliphatic heterocycles. The van der Waals surface area contributed by atoms with Gasteiger partial charge in [-0.15, -0.1) is 0 Å². The summed E-state index contributed by atoms with van der Waals surface area (Å²) in [5, 5.41) is 36.7. The Morgan fingerprint density at radius 1 is 0.280 bits per heavy atom. The molecule has 3 saturated heterocycles. The van der Waals surface area contributed by atoms with Crippen LogP contribution in [-0.2, 0) is 83.7 Å². The number of sulfonamides is 2. The van der Waals surface area contributed by atoms with Crippen LogP contribution in [0.15, 0.2) is 36.4 Å². The lowest BCUT2D eigenvalue weighted by Crippen LogP contribution is -2.38. The van der Waals surface area contributed by atoms with Crippen LogP contribution in [0.1, 0.15) is 255 Å². The van der Waals surface area contributed by atoms with E-state index in [-0.39, 0.29) is 128 Å². The van der Waals surface area contributed by atoms with Gasteiger partial charge < -0.3 is 41.6 Å². The average molecular weight is 2200 g/mol. The third-order valence-electron chi connectivity index (χ3n) is 32.9. The van der Waals surface area contributed by atoms with E-state index in [9.17, 15) is 50.5 Å². The first-order valence-electron chi connectivity index (χ1n) is 51.3. The van der Waals surface area contributed by atoms with Gasteiger partial charge in [0.15, 0.2) is 0 Å². The Kier molecular flexibility index (Phi) is 36.0. The molecule has 150 heavy (non-hydrogen) atoms. The van der Waals surface area contributed by atoms with Crippen LogP contribution in [0.25, 0.3) is 66.2 Å². The van der Waals surface area contributed by atoms with E-state index in [0.717, 1.165) is 172 Å². The van der Waals surface area contributed by atoms with Gasteiger partial charge in [-0.2, -0.15) is 38.4 Å². The zero-order valence-corrected chi connectivity index (χ0v) is 96.9. The fourth-order valence-electron chi connectivity index (χ4n) is 23.8. The Hall–Kier alpha value is -9.10. The number of rotatable bonds is 24. The molecule has 12 unspecified atom stereocenters. The molecule has 0 radical (unpaired) electrons. The molecule has 12 aromatic rings. The Balaban J connectivity index is 0.000000150. The highest BCUT2D eigenvalue weighted by Crippen LogP contribution is 2.52. The highest BCUT2D eigenvalue weighted by Gasteiger charge is 2.48. The molecule has 15 heterocycles. The monoisotopic (exact) mass is 2200 g/mol. The second-order valence-corrected chi connectivity index (χ2v) is 52.0. The number of fused-ring (bicyclic) bond motifs is 6. The third-order valence-corrected chi connectivity index (χ3v) is 36.6. The molecule has 3 aliphatic carbocycles. The summed E-state index contributed by atoms with van der Waals surface area (Å²) in [5.74, 6) is 8.71. The van der Waals surface area contributed by atoms with Gasteiger partial charge in [0.25, 0.3) is 20.4 Å². The second kappa shape index (κ2) is 45.7. The van der Waals surface area contributed by atoms with Gasteiger partial charge >= 0.3 is 20.6 Å². The Morgan fingerprint density at radius 2 is 0.520 bits per heavy atom. The summed E-state index contributed by atoms with van der Waals surface area (Å²) < 4.78 is 181. The number of nitrogens with two attached hydrogens (primary N) is 6. The fraction of sp³-hybridized carbons (Fsp3) is 0.644. The van der Waals surface area contributed by atoms with Crippen LogP contribution in [-0.4, -0.2) is 194 Å². The Labute approximate surface area is 883 Å². The van der Waals surface area contributed by atoms with E-state index < -0.39 is 61.1 Å². The number of hydrogen-bond acceptors (Lipinski definition) is 29. The maximum Gasteiger partial charge on any atom is 0.333 e. The predicted octanol–water partition coefficient (Wildman–Crippen LogP) is 12.5. The third kappa shape index (κ3) is 26.6. The van der Waals surface area contributed by atoms with E-state index in [4.69, 9.17) is 63.4 Å². The topological polar surface area (TPSA) is 615 Å². The molecule has 43 nitrogen and oxygen atoms in total. The number of nitrogens with zero attached hydrogens (tertiary/aromatic N) is 18. The highest BCUT2D eigenvalue weighted by atomic mass is 32.2. The smallest absolute Gasteiger partial charge is 0.333 e. The lowest BCUT2D eigenvalue weighted by Gasteiger charge is -2.22. The second-order valence-electron chi connectivity index (χ2n) is 43.3. The minimum absolute atomic E-state index is 0.0623. The van der Waals surface area contributed by atoms with Crippen molar-refractivity contribution in [1.82, 2.24) is 96.7 Å². The van der Waals surface area contributed by atoms with E-state index in [0.29, 0.717) is 72.7 Å². The quantitative estimate of drug-likeness (QED) is 0.0278. The van der Waals surface area contributed by atoms with Crippen LogP contribution in [0.4, 0.5) is 0 Å². The first-order chi connectivity index (χ1) is 69.5. The molecule has 49 heteroatoms. The maximum absolute atomic E-state index is 11.3. The molecule has 6 fully saturated rings. The van der Waals surface area contributed by atoms with Crippen LogP contribution < -0.4 is 40.3 Å². The summed E-state index contributed by atoms with van der Waals surface area (Å²) >= 11 is 0. The SMILES string of the molecule is Cc1nc(C)c2cc(C)n([C@@H]3C[C@@H](CCS(N)(=O)=O)C(C)C3C)c2n1.Cc1nc(C)c2cc(C)n([C@@H]3C[C@@H](CNS(N)(=O)=O)C(C)C3C)c2n1.Cc1nc(C)c2cc(C)n([C@@H]3C[C@@H](COS(N)(=O)=O)C(C)C3C)c2n1.Cc1nc(C)c2cc(C)n([C@@H]3O[C@@H](CCS(N)(=O)=O)C(C)C3C)c2n1.Cc1nc(C)c2cc(C)n([C@@H]3O[C@@H](CNS(N)(=O)=O)C(C)C3C)c2n1.Cc1nc(C)c2cc(C)n([C@@H]3O[C@@H](COS(N)(=O)=O)C(C)C3C)c2n1. The molecule has 24 atom stereocenters. The van der Waals surface area contributed by atoms with Crippen LogP contribution >= 0.6 is 0 Å². The highest BCUT2D eigenvalue weighted by molar-refractivity contribution is 7.89. The maximum atomic E-state index is 11.3.